The van der Waals surface area contributed by atoms with Crippen LogP contribution in [0.4, 0.5) is 0 Å². The largest absolute Gasteiger partial charge is 0.0496 e. The van der Waals surface area contributed by atoms with Gasteiger partial charge in [0.1, 0.15) is 0 Å². The Morgan fingerprint density at radius 3 is 1.13 bits per heavy atom. The molecule has 9 heteroatoms. The minimum Gasteiger partial charge on any atom is -0.0496 e. The van der Waals surface area contributed by atoms with Crippen LogP contribution in [0.3, 0.4) is 0 Å². The maximum atomic E-state index is 3.69. The third-order valence-electron chi connectivity index (χ3n) is 3.13. The lowest BCUT2D eigenvalue weighted by Gasteiger charge is -2.16. The number of hydrogen-bond donors (Lipinski definition) is 0. The van der Waals surface area contributed by atoms with Crippen LogP contribution in [0, 0.1) is 0 Å². The molecular formula is C14H5Br9. The van der Waals surface area contributed by atoms with E-state index >= 15 is 0 Å². The first-order valence-corrected chi connectivity index (χ1v) is 13.1. The van der Waals surface area contributed by atoms with E-state index in [-0.39, 0.29) is 0 Å². The van der Waals surface area contributed by atoms with Crippen LogP contribution in [0.5, 0.6) is 0 Å². The SMILES string of the molecule is Brc1cc(Br)c(Br)c(CCc2c(Br)c(Br)c(Br)c(Br)c2Br)c1Br. The van der Waals surface area contributed by atoms with Crippen LogP contribution in [-0.4, -0.2) is 0 Å². The average Bonchev–Trinajstić information content (AvgIpc) is 2.52. The third kappa shape index (κ3) is 4.79. The molecule has 0 N–H and O–H groups in total. The van der Waals surface area contributed by atoms with Crippen LogP contribution in [0.15, 0.2) is 46.3 Å². The Hall–Kier alpha value is 2.76. The van der Waals surface area contributed by atoms with E-state index in [1.807, 2.05) is 6.07 Å². The van der Waals surface area contributed by atoms with Crippen molar-refractivity contribution in [3.05, 3.63) is 57.4 Å². The Balaban J connectivity index is 2.44. The summed E-state index contributed by atoms with van der Waals surface area (Å²) in [7, 11) is 0. The molecule has 0 atom stereocenters. The van der Waals surface area contributed by atoms with Crippen LogP contribution < -0.4 is 0 Å². The van der Waals surface area contributed by atoms with Gasteiger partial charge in [0, 0.05) is 40.3 Å². The summed E-state index contributed by atoms with van der Waals surface area (Å²) in [5.74, 6) is 0. The zero-order valence-corrected chi connectivity index (χ0v) is 25.2. The summed E-state index contributed by atoms with van der Waals surface area (Å²) in [5, 5.41) is 0. The average molecular weight is 892 g/mol. The molecule has 0 aliphatic heterocycles. The van der Waals surface area contributed by atoms with Gasteiger partial charge in [0.25, 0.3) is 0 Å². The molecule has 2 aromatic carbocycles. The van der Waals surface area contributed by atoms with E-state index in [1.54, 1.807) is 0 Å². The number of halogens is 9. The van der Waals surface area contributed by atoms with Gasteiger partial charge in [-0.1, -0.05) is 0 Å². The van der Waals surface area contributed by atoms with Crippen LogP contribution in [0.25, 0.3) is 0 Å². The standard InChI is InChI=1S/C14H5Br9/c15-6-3-7(16)9(18)4(8(6)17)1-2-5-10(19)12(21)14(23)13(22)11(5)20/h3H,1-2H2. The predicted molar refractivity (Wildman–Crippen MR) is 130 cm³/mol. The first-order chi connectivity index (χ1) is 10.7. The van der Waals surface area contributed by atoms with Crippen molar-refractivity contribution in [1.29, 1.82) is 0 Å². The van der Waals surface area contributed by atoms with Gasteiger partial charge in [-0.15, -0.1) is 0 Å². The molecule has 2 aromatic rings. The summed E-state index contributed by atoms with van der Waals surface area (Å²) in [6.07, 6.45) is 1.74. The highest BCUT2D eigenvalue weighted by atomic mass is 79.9. The number of benzene rings is 2. The van der Waals surface area contributed by atoms with Gasteiger partial charge in [0.15, 0.2) is 0 Å². The van der Waals surface area contributed by atoms with Crippen molar-refractivity contribution >= 4 is 143 Å². The monoisotopic (exact) mass is 883 g/mol. The van der Waals surface area contributed by atoms with Gasteiger partial charge >= 0.3 is 0 Å². The Labute approximate surface area is 210 Å². The maximum Gasteiger partial charge on any atom is 0.0482 e. The van der Waals surface area contributed by atoms with Gasteiger partial charge in [0.2, 0.25) is 0 Å². The van der Waals surface area contributed by atoms with E-state index < -0.39 is 0 Å². The highest BCUT2D eigenvalue weighted by Gasteiger charge is 2.19. The van der Waals surface area contributed by atoms with Crippen molar-refractivity contribution < 1.29 is 0 Å². The van der Waals surface area contributed by atoms with Crippen molar-refractivity contribution in [2.75, 3.05) is 0 Å². The zero-order valence-electron chi connectivity index (χ0n) is 10.9. The molecule has 0 nitrogen and oxygen atoms in total. The lowest BCUT2D eigenvalue weighted by Crippen LogP contribution is -1.99. The van der Waals surface area contributed by atoms with E-state index in [9.17, 15) is 0 Å². The van der Waals surface area contributed by atoms with Crippen LogP contribution in [-0.2, 0) is 12.8 Å². The summed E-state index contributed by atoms with van der Waals surface area (Å²) in [6, 6.07) is 2.02. The lowest BCUT2D eigenvalue weighted by molar-refractivity contribution is 0.931. The normalized spacial score (nSPS) is 11.2. The molecule has 0 heterocycles. The van der Waals surface area contributed by atoms with Gasteiger partial charge in [-0.25, -0.2) is 0 Å². The fourth-order valence-corrected chi connectivity index (χ4v) is 8.02. The molecule has 0 aromatic heterocycles. The fraction of sp³-hybridized carbons (Fsp3) is 0.143. The molecule has 0 fully saturated rings. The van der Waals surface area contributed by atoms with Crippen LogP contribution in [0.1, 0.15) is 11.1 Å². The second-order valence-electron chi connectivity index (χ2n) is 4.50. The van der Waals surface area contributed by atoms with Gasteiger partial charge in [-0.3, -0.25) is 0 Å². The molecule has 0 amide bonds. The van der Waals surface area contributed by atoms with E-state index in [0.717, 1.165) is 53.1 Å². The fourth-order valence-electron chi connectivity index (χ4n) is 1.96. The molecule has 0 saturated carbocycles. The van der Waals surface area contributed by atoms with E-state index in [4.69, 9.17) is 0 Å². The van der Waals surface area contributed by atoms with Crippen molar-refractivity contribution in [3.63, 3.8) is 0 Å². The summed E-state index contributed by atoms with van der Waals surface area (Å²) in [4.78, 5) is 0. The quantitative estimate of drug-likeness (QED) is 0.213. The first-order valence-electron chi connectivity index (χ1n) is 5.99. The number of rotatable bonds is 3. The highest BCUT2D eigenvalue weighted by molar-refractivity contribution is 9.16. The smallest absolute Gasteiger partial charge is 0.0482 e. The zero-order chi connectivity index (χ0) is 17.5. The van der Waals surface area contributed by atoms with Crippen LogP contribution >= 0.6 is 143 Å². The van der Waals surface area contributed by atoms with Crippen molar-refractivity contribution in [2.24, 2.45) is 0 Å². The minimum absolute atomic E-state index is 0.867. The molecule has 124 valence electrons. The van der Waals surface area contributed by atoms with Gasteiger partial charge in [-0.05, 0) is 173 Å². The number of hydrogen-bond acceptors (Lipinski definition) is 0. The maximum absolute atomic E-state index is 3.69. The molecule has 0 bridgehead atoms. The van der Waals surface area contributed by atoms with Crippen molar-refractivity contribution in [1.82, 2.24) is 0 Å². The summed E-state index contributed by atoms with van der Waals surface area (Å²) in [6.45, 7) is 0. The topological polar surface area (TPSA) is 0 Å². The van der Waals surface area contributed by atoms with Gasteiger partial charge < -0.3 is 0 Å². The van der Waals surface area contributed by atoms with Crippen molar-refractivity contribution in [2.45, 2.75) is 12.8 Å². The minimum atomic E-state index is 0.867. The van der Waals surface area contributed by atoms with Gasteiger partial charge in [-0.2, -0.15) is 0 Å². The Kier molecular flexibility index (Phi) is 8.92. The van der Waals surface area contributed by atoms with E-state index in [2.05, 4.69) is 143 Å². The summed E-state index contributed by atoms with van der Waals surface area (Å²) >= 11 is 32.7. The molecule has 0 aliphatic rings. The Morgan fingerprint density at radius 2 is 0.739 bits per heavy atom. The summed E-state index contributed by atoms with van der Waals surface area (Å²) < 4.78 is 9.24. The van der Waals surface area contributed by atoms with E-state index in [0.29, 0.717) is 0 Å². The summed E-state index contributed by atoms with van der Waals surface area (Å²) in [5.41, 5.74) is 2.40. The van der Waals surface area contributed by atoms with Gasteiger partial charge in [0.05, 0.1) is 0 Å². The molecule has 0 aliphatic carbocycles. The lowest BCUT2D eigenvalue weighted by atomic mass is 10.0. The highest BCUT2D eigenvalue weighted by Crippen LogP contribution is 2.45. The second kappa shape index (κ2) is 9.30. The molecular weight excluding hydrogens is 887 g/mol. The molecule has 0 spiro atoms. The third-order valence-corrected chi connectivity index (χ3v) is 13.5. The Morgan fingerprint density at radius 1 is 0.435 bits per heavy atom. The Bertz CT molecular complexity index is 728. The second-order valence-corrected chi connectivity index (χ2v) is 11.8. The molecule has 0 saturated heterocycles. The molecule has 2 rings (SSSR count). The molecule has 23 heavy (non-hydrogen) atoms. The van der Waals surface area contributed by atoms with Crippen molar-refractivity contribution in [3.8, 4) is 0 Å². The molecule has 0 unspecified atom stereocenters. The van der Waals surface area contributed by atoms with Crippen LogP contribution in [0.2, 0.25) is 0 Å². The van der Waals surface area contributed by atoms with E-state index in [1.165, 1.54) is 11.1 Å². The molecule has 0 radical (unpaired) electrons. The first kappa shape index (κ1) is 22.1. The predicted octanol–water partition coefficient (Wildman–Crippen LogP) is 10.3.